The largest absolute Gasteiger partial charge is 0.338 e. The predicted molar refractivity (Wildman–Crippen MR) is 95.9 cm³/mol. The molecule has 25 heavy (non-hydrogen) atoms. The molecule has 4 fully saturated rings. The van der Waals surface area contributed by atoms with E-state index in [0.29, 0.717) is 11.3 Å². The summed E-state index contributed by atoms with van der Waals surface area (Å²) in [7, 11) is 1.86. The molecule has 3 amide bonds. The second kappa shape index (κ2) is 6.59. The number of nitrogens with zero attached hydrogens (tertiary/aromatic N) is 2. The molecule has 0 aliphatic heterocycles. The third kappa shape index (κ3) is 3.66. The highest BCUT2D eigenvalue weighted by molar-refractivity contribution is 7.07. The van der Waals surface area contributed by atoms with Gasteiger partial charge >= 0.3 is 6.03 Å². The number of carbonyl (C=O) groups is 2. The molecule has 0 spiro atoms. The molecule has 0 atom stereocenters. The first kappa shape index (κ1) is 16.8. The highest BCUT2D eigenvalue weighted by Gasteiger charge is 2.51. The van der Waals surface area contributed by atoms with E-state index in [1.165, 1.54) is 30.6 Å². The zero-order valence-corrected chi connectivity index (χ0v) is 15.5. The van der Waals surface area contributed by atoms with Crippen LogP contribution in [0.5, 0.6) is 0 Å². The second-order valence-electron chi connectivity index (χ2n) is 8.13. The van der Waals surface area contributed by atoms with Gasteiger partial charge in [0.1, 0.15) is 0 Å². The van der Waals surface area contributed by atoms with Gasteiger partial charge in [-0.05, 0) is 56.3 Å². The van der Waals surface area contributed by atoms with E-state index in [1.807, 2.05) is 23.2 Å². The fraction of sp³-hybridized carbons (Fsp3) is 0.722. The van der Waals surface area contributed by atoms with Crippen molar-refractivity contribution in [3.05, 3.63) is 16.4 Å². The Balaban J connectivity index is 1.26. The van der Waals surface area contributed by atoms with Crippen molar-refractivity contribution in [3.63, 3.8) is 0 Å². The molecule has 0 aromatic carbocycles. The van der Waals surface area contributed by atoms with Crippen molar-refractivity contribution in [1.82, 2.24) is 15.2 Å². The molecular formula is C18H26N4O2S. The van der Waals surface area contributed by atoms with Crippen LogP contribution in [0.15, 0.2) is 16.6 Å². The summed E-state index contributed by atoms with van der Waals surface area (Å²) in [6.45, 7) is 0.329. The summed E-state index contributed by atoms with van der Waals surface area (Å²) in [6.07, 6.45) is 9.58. The minimum absolute atomic E-state index is 0.0118. The van der Waals surface area contributed by atoms with Crippen LogP contribution in [0.25, 0.3) is 0 Å². The summed E-state index contributed by atoms with van der Waals surface area (Å²) >= 11 is 1.43. The number of hydrogen-bond acceptors (Lipinski definition) is 3. The minimum Gasteiger partial charge on any atom is -0.338 e. The molecule has 4 saturated carbocycles. The molecule has 1 aromatic rings. The van der Waals surface area contributed by atoms with Crippen LogP contribution < -0.4 is 15.4 Å². The van der Waals surface area contributed by atoms with E-state index >= 15 is 0 Å². The third-order valence-corrected chi connectivity index (χ3v) is 6.87. The Morgan fingerprint density at radius 3 is 2.44 bits per heavy atom. The smallest absolute Gasteiger partial charge is 0.315 e. The quantitative estimate of drug-likeness (QED) is 0.861. The maximum absolute atomic E-state index is 12.3. The molecule has 2 N–H and O–H groups in total. The van der Waals surface area contributed by atoms with Crippen LogP contribution in [0, 0.1) is 17.8 Å². The standard InChI is InChI=1S/C18H26N4O2S/c1-22-4-5-25-17(22)20-15(23)2-3-19-16(24)21-18-9-12-6-13(10-18)8-14(7-12)11-18/h4-5,12-14H,2-3,6-11H2,1H3,(H2,19,21,24). The van der Waals surface area contributed by atoms with Gasteiger partial charge < -0.3 is 15.2 Å². The molecular weight excluding hydrogens is 336 g/mol. The molecule has 7 heteroatoms. The van der Waals surface area contributed by atoms with Gasteiger partial charge in [-0.2, -0.15) is 4.99 Å². The minimum atomic E-state index is -0.201. The molecule has 6 nitrogen and oxygen atoms in total. The summed E-state index contributed by atoms with van der Waals surface area (Å²) in [4.78, 5) is 29.0. The SMILES string of the molecule is Cn1ccsc1=NC(=O)CCNC(=O)NC12CC3CC(CC(C3)C1)C2. The maximum Gasteiger partial charge on any atom is 0.315 e. The average molecular weight is 362 g/mol. The van der Waals surface area contributed by atoms with Crippen molar-refractivity contribution in [2.75, 3.05) is 6.54 Å². The van der Waals surface area contributed by atoms with Gasteiger partial charge in [-0.1, -0.05) is 0 Å². The molecule has 136 valence electrons. The Morgan fingerprint density at radius 2 is 1.88 bits per heavy atom. The fourth-order valence-corrected chi connectivity index (χ4v) is 6.18. The van der Waals surface area contributed by atoms with Gasteiger partial charge in [0.25, 0.3) is 0 Å². The number of hydrogen-bond donors (Lipinski definition) is 2. The van der Waals surface area contributed by atoms with Crippen LogP contribution in [-0.4, -0.2) is 28.6 Å². The number of nitrogens with one attached hydrogen (secondary N) is 2. The van der Waals surface area contributed by atoms with Gasteiger partial charge in [0, 0.05) is 37.1 Å². The number of urea groups is 1. The van der Waals surface area contributed by atoms with Gasteiger partial charge in [0.15, 0.2) is 4.80 Å². The molecule has 4 aliphatic carbocycles. The molecule has 0 saturated heterocycles. The number of rotatable bonds is 4. The van der Waals surface area contributed by atoms with E-state index in [0.717, 1.165) is 37.0 Å². The summed E-state index contributed by atoms with van der Waals surface area (Å²) in [6, 6.07) is -0.128. The number of carbonyl (C=O) groups excluding carboxylic acids is 2. The number of amides is 3. The monoisotopic (exact) mass is 362 g/mol. The van der Waals surface area contributed by atoms with E-state index in [4.69, 9.17) is 0 Å². The predicted octanol–water partition coefficient (Wildman–Crippen LogP) is 2.17. The van der Waals surface area contributed by atoms with Crippen LogP contribution >= 0.6 is 11.3 Å². The van der Waals surface area contributed by atoms with E-state index in [1.54, 1.807) is 0 Å². The van der Waals surface area contributed by atoms with Crippen molar-refractivity contribution in [2.45, 2.75) is 50.5 Å². The molecule has 4 bridgehead atoms. The van der Waals surface area contributed by atoms with Crippen LogP contribution in [-0.2, 0) is 11.8 Å². The Kier molecular flexibility index (Phi) is 4.43. The lowest BCUT2D eigenvalue weighted by Crippen LogP contribution is -2.61. The third-order valence-electron chi connectivity index (χ3n) is 6.02. The van der Waals surface area contributed by atoms with Crippen molar-refractivity contribution in [1.29, 1.82) is 0 Å². The van der Waals surface area contributed by atoms with E-state index in [9.17, 15) is 9.59 Å². The second-order valence-corrected chi connectivity index (χ2v) is 9.00. The Hall–Kier alpha value is -1.63. The molecule has 1 heterocycles. The number of aromatic nitrogens is 1. The fourth-order valence-electron chi connectivity index (χ4n) is 5.43. The first-order chi connectivity index (χ1) is 12.0. The van der Waals surface area contributed by atoms with Crippen molar-refractivity contribution < 1.29 is 9.59 Å². The highest BCUT2D eigenvalue weighted by atomic mass is 32.1. The zero-order valence-electron chi connectivity index (χ0n) is 14.7. The molecule has 0 radical (unpaired) electrons. The molecule has 4 aliphatic rings. The van der Waals surface area contributed by atoms with Gasteiger partial charge in [-0.25, -0.2) is 4.79 Å². The summed E-state index contributed by atoms with van der Waals surface area (Å²) in [5.41, 5.74) is 0.0118. The van der Waals surface area contributed by atoms with Gasteiger partial charge in [0.05, 0.1) is 0 Å². The van der Waals surface area contributed by atoms with Crippen LogP contribution in [0.2, 0.25) is 0 Å². The normalized spacial score (nSPS) is 33.5. The van der Waals surface area contributed by atoms with E-state index in [2.05, 4.69) is 15.6 Å². The van der Waals surface area contributed by atoms with Crippen LogP contribution in [0.3, 0.4) is 0 Å². The van der Waals surface area contributed by atoms with Crippen molar-refractivity contribution >= 4 is 23.3 Å². The van der Waals surface area contributed by atoms with Crippen molar-refractivity contribution in [2.24, 2.45) is 29.8 Å². The number of aryl methyl sites for hydroxylation is 1. The van der Waals surface area contributed by atoms with Crippen LogP contribution in [0.4, 0.5) is 4.79 Å². The Bertz CT molecular complexity index is 700. The van der Waals surface area contributed by atoms with Gasteiger partial charge in [-0.15, -0.1) is 11.3 Å². The lowest BCUT2D eigenvalue weighted by Gasteiger charge is -2.56. The topological polar surface area (TPSA) is 75.5 Å². The van der Waals surface area contributed by atoms with E-state index < -0.39 is 0 Å². The lowest BCUT2D eigenvalue weighted by atomic mass is 9.53. The van der Waals surface area contributed by atoms with Crippen molar-refractivity contribution in [3.8, 4) is 0 Å². The first-order valence-corrected chi connectivity index (χ1v) is 10.1. The lowest BCUT2D eigenvalue weighted by molar-refractivity contribution is -0.117. The maximum atomic E-state index is 12.3. The summed E-state index contributed by atoms with van der Waals surface area (Å²) in [5, 5.41) is 8.00. The average Bonchev–Trinajstić information content (AvgIpc) is 2.90. The zero-order chi connectivity index (χ0) is 17.4. The number of thiazole rings is 1. The van der Waals surface area contributed by atoms with Gasteiger partial charge in [-0.3, -0.25) is 4.79 Å². The van der Waals surface area contributed by atoms with Gasteiger partial charge in [0.2, 0.25) is 5.91 Å². The molecule has 0 unspecified atom stereocenters. The molecule has 5 rings (SSSR count). The Morgan fingerprint density at radius 1 is 1.24 bits per heavy atom. The Labute approximate surface area is 151 Å². The highest BCUT2D eigenvalue weighted by Crippen LogP contribution is 2.55. The first-order valence-electron chi connectivity index (χ1n) is 9.25. The summed E-state index contributed by atoms with van der Waals surface area (Å²) in [5.74, 6) is 2.21. The summed E-state index contributed by atoms with van der Waals surface area (Å²) < 4.78 is 1.82. The van der Waals surface area contributed by atoms with E-state index in [-0.39, 0.29) is 23.9 Å². The molecule has 1 aromatic heterocycles. The van der Waals surface area contributed by atoms with Crippen LogP contribution in [0.1, 0.15) is 44.9 Å².